The van der Waals surface area contributed by atoms with Gasteiger partial charge in [0.15, 0.2) is 18.5 Å². The number of nitrogens with two attached hydrogens (primary N) is 4. The standard InChI is InChI=1S/C38H71N5O10S2.C17H34N2O7.C4H9NOS.C4H7NS.C2H5NOS.H2O/c1-26(9-3-6-16-42-33-12-8-22-55-33)29(44)23-27(10-4-7-15-41-32(40)13-21-54)30(45)24-28(11-2-5-14-39)37(49)43-17-18-51-19-20-52-25-31-34(46)35(47)36(48)38(50)53-31;1-12(4-2-3-5-18)17(23)19-6-7-24-8-9-25-11-14-16(22)13(20)10-15(21)26-14;1-6-4(5)2-3-7;5-4-2-1-3-6-4;1-4-2(3)5;/h26-28,31-32,34-36,38,41,46-48,50,54H,2-25,39-40H2,1H3,(H,43,49);12-16,20-22H,2-11,18H2,1H3,(H,19,23);5,7H,2-3H2,1H3;5H,1-3H2;1H3,(H2,3,5);1H2/t26?,27?,28?,31?,32?,34-,35?,36+,38-;12?,13?,14?,15-,16+;;;;/m11..../s1. The molecule has 14 atom stereocenters. The van der Waals surface area contributed by atoms with Crippen LogP contribution in [0, 0.1) is 34.5 Å². The largest absolute Gasteiger partial charge is 0.484 e. The summed E-state index contributed by atoms with van der Waals surface area (Å²) in [4.78, 5) is 57.2. The fourth-order valence-corrected chi connectivity index (χ4v) is 12.2. The number of thiocarbonyl (C=S) groups is 1. The Bertz CT molecular complexity index is 2160. The molecule has 100 heavy (non-hydrogen) atoms. The molecule has 4 rings (SSSR count). The van der Waals surface area contributed by atoms with Gasteiger partial charge in [-0.05, 0) is 138 Å². The van der Waals surface area contributed by atoms with Gasteiger partial charge < -0.3 is 118 Å². The normalized spacial score (nSPS) is 22.8. The number of nitrogens with zero attached hydrogens (tertiary/aromatic N) is 1. The number of rotatable bonds is 47. The zero-order chi connectivity index (χ0) is 74.2. The summed E-state index contributed by atoms with van der Waals surface area (Å²) in [5.74, 6) is 2.62. The van der Waals surface area contributed by atoms with Gasteiger partial charge in [-0.2, -0.15) is 25.3 Å². The molecule has 0 aliphatic carbocycles. The topological polar surface area (TPSA) is 515 Å². The van der Waals surface area contributed by atoms with Crippen LogP contribution < -0.4 is 38.9 Å². The fourth-order valence-electron chi connectivity index (χ4n) is 9.89. The highest BCUT2D eigenvalue weighted by atomic mass is 32.2. The van der Waals surface area contributed by atoms with Crippen molar-refractivity contribution in [3.8, 4) is 0 Å². The number of hydrogen-bond acceptors (Lipinski definition) is 31. The maximum atomic E-state index is 13.9. The molecule has 4 heterocycles. The number of unbranched alkanes of at least 4 members (excludes halogenated alkanes) is 4. The number of hydrogen-bond donors (Lipinski definition) is 18. The van der Waals surface area contributed by atoms with Crippen molar-refractivity contribution in [2.24, 2.45) is 51.6 Å². The van der Waals surface area contributed by atoms with Crippen LogP contribution in [0.3, 0.4) is 0 Å². The van der Waals surface area contributed by atoms with Crippen LogP contribution in [0.5, 0.6) is 0 Å². The highest BCUT2D eigenvalue weighted by Crippen LogP contribution is 2.26. The van der Waals surface area contributed by atoms with Crippen LogP contribution in [0.25, 0.3) is 0 Å². The highest BCUT2D eigenvalue weighted by Gasteiger charge is 2.43. The number of carbonyl (C=O) groups excluding carboxylic acids is 4. The van der Waals surface area contributed by atoms with E-state index in [-0.39, 0.29) is 117 Å². The average Bonchev–Trinajstić information content (AvgIpc) is 0.922. The smallest absolute Gasteiger partial charge is 0.253 e. The van der Waals surface area contributed by atoms with Gasteiger partial charge in [0.2, 0.25) is 11.8 Å². The molecule has 4 aliphatic heterocycles. The van der Waals surface area contributed by atoms with Crippen molar-refractivity contribution < 1.29 is 98.3 Å². The number of aliphatic hydroxyl groups is 7. The molecule has 22 N–H and O–H groups in total. The molecule has 0 radical (unpaired) electrons. The third-order valence-electron chi connectivity index (χ3n) is 16.0. The van der Waals surface area contributed by atoms with Crippen LogP contribution in [0.15, 0.2) is 4.99 Å². The van der Waals surface area contributed by atoms with E-state index in [1.807, 2.05) is 25.6 Å². The van der Waals surface area contributed by atoms with E-state index < -0.39 is 67.1 Å². The van der Waals surface area contributed by atoms with Crippen molar-refractivity contribution in [1.82, 2.24) is 16.0 Å². The Labute approximate surface area is 618 Å². The molecule has 0 spiro atoms. The molecule has 4 aliphatic rings. The number of ketones is 2. The van der Waals surface area contributed by atoms with Crippen LogP contribution in [0.4, 0.5) is 0 Å². The summed E-state index contributed by atoms with van der Waals surface area (Å²) < 4.78 is 40.7. The predicted octanol–water partition coefficient (Wildman–Crippen LogP) is 1.51. The number of aliphatic hydroxyl groups excluding tert-OH is 7. The van der Waals surface area contributed by atoms with Gasteiger partial charge in [0.25, 0.3) is 5.17 Å². The van der Waals surface area contributed by atoms with E-state index in [2.05, 4.69) is 67.9 Å². The van der Waals surface area contributed by atoms with Crippen molar-refractivity contribution >= 4 is 106 Å². The lowest BCUT2D eigenvalue weighted by Gasteiger charge is -2.38. The van der Waals surface area contributed by atoms with Crippen molar-refractivity contribution in [1.29, 1.82) is 10.8 Å². The predicted molar refractivity (Wildman–Crippen MR) is 402 cm³/mol. The maximum Gasteiger partial charge on any atom is 0.253 e. The SMILES string of the molecule is CC(CCCCN)C(=O)NCCOCCOCC1O[C@@H](O)CC(O)[C@@H]1O.CC(CCCCN=C1CCCS1)C(=O)CC(CCCCNC(N)CCS)C(=O)CC(CCCCN)C(=O)NCCOCCOCC1O[C@@H](O)[C@@H](O)C(O)[C@@H]1O.COC(=N)CCS.COC(N)=S.N=C1CCCS1.O. The van der Waals surface area contributed by atoms with Crippen molar-refractivity contribution in [3.63, 3.8) is 0 Å². The Balaban J connectivity index is 0. The van der Waals surface area contributed by atoms with Crippen molar-refractivity contribution in [3.05, 3.63) is 0 Å². The van der Waals surface area contributed by atoms with E-state index in [4.69, 9.17) is 62.2 Å². The first-order chi connectivity index (χ1) is 47.4. The number of nitrogens with one attached hydrogen (secondary N) is 5. The first kappa shape index (κ1) is 99.5. The molecule has 0 aromatic heterocycles. The molecule has 35 heteroatoms. The second kappa shape index (κ2) is 64.8. The zero-order valence-corrected chi connectivity index (χ0v) is 63.8. The van der Waals surface area contributed by atoms with Crippen LogP contribution in [0.1, 0.15) is 149 Å². The zero-order valence-electron chi connectivity index (χ0n) is 59.6. The van der Waals surface area contributed by atoms with Gasteiger partial charge >= 0.3 is 0 Å². The summed E-state index contributed by atoms with van der Waals surface area (Å²) in [5, 5.41) is 92.8. The molecule has 0 saturated carbocycles. The van der Waals surface area contributed by atoms with Gasteiger partial charge in [-0.25, -0.2) is 0 Å². The molecule has 588 valence electrons. The Hall–Kier alpha value is -2.54. The lowest BCUT2D eigenvalue weighted by molar-refractivity contribution is -0.288. The highest BCUT2D eigenvalue weighted by molar-refractivity contribution is 8.14. The summed E-state index contributed by atoms with van der Waals surface area (Å²) in [7, 11) is 2.92. The van der Waals surface area contributed by atoms with E-state index in [0.29, 0.717) is 82.5 Å². The second-order valence-corrected chi connectivity index (χ2v) is 28.0. The molecular formula is C65H128N10O20S5. The summed E-state index contributed by atoms with van der Waals surface area (Å²) in [5.41, 5.74) is 22.0. The molecule has 2 amide bonds. The van der Waals surface area contributed by atoms with Crippen LogP contribution in [0.2, 0.25) is 0 Å². The Kier molecular flexibility index (Phi) is 64.5. The monoisotopic (exact) mass is 1530 g/mol. The maximum absolute atomic E-state index is 13.9. The third-order valence-corrected chi connectivity index (χ3v) is 18.9. The molecule has 0 aromatic rings. The van der Waals surface area contributed by atoms with E-state index >= 15 is 0 Å². The number of amides is 2. The Morgan fingerprint density at radius 1 is 0.650 bits per heavy atom. The number of Topliss-reactive ketones (excluding diaryl/α,β-unsaturated/α-hetero) is 2. The number of thiol groups is 2. The summed E-state index contributed by atoms with van der Waals surface area (Å²) in [6.45, 7) is 8.52. The summed E-state index contributed by atoms with van der Waals surface area (Å²) in [6.07, 6.45) is 4.17. The second-order valence-electron chi connectivity index (χ2n) is 24.3. The van der Waals surface area contributed by atoms with E-state index in [1.54, 1.807) is 11.8 Å². The first-order valence-corrected chi connectivity index (χ1v) is 38.5. The Morgan fingerprint density at radius 3 is 1.72 bits per heavy atom. The minimum absolute atomic E-state index is 0. The Morgan fingerprint density at radius 2 is 1.19 bits per heavy atom. The third kappa shape index (κ3) is 50.8. The van der Waals surface area contributed by atoms with Crippen molar-refractivity contribution in [2.45, 2.75) is 210 Å². The summed E-state index contributed by atoms with van der Waals surface area (Å²) >= 11 is 15.9. The van der Waals surface area contributed by atoms with E-state index in [0.717, 1.165) is 94.4 Å². The molecule has 4 saturated heterocycles. The number of aliphatic imine (C=N–C) groups is 1. The van der Waals surface area contributed by atoms with E-state index in [9.17, 15) is 54.9 Å². The van der Waals surface area contributed by atoms with E-state index in [1.165, 1.54) is 37.9 Å². The minimum Gasteiger partial charge on any atom is -0.484 e. The van der Waals surface area contributed by atoms with Gasteiger partial charge in [0.1, 0.15) is 48.2 Å². The quantitative estimate of drug-likeness (QED) is 0.0103. The van der Waals surface area contributed by atoms with Gasteiger partial charge in [-0.15, -0.1) is 23.5 Å². The number of carbonyl (C=O) groups is 4. The van der Waals surface area contributed by atoms with Gasteiger partial charge in [0, 0.05) is 69.0 Å². The van der Waals surface area contributed by atoms with Gasteiger partial charge in [0.05, 0.1) is 89.4 Å². The minimum atomic E-state index is -1.63. The molecular weight excluding hydrogens is 1400 g/mol. The average molecular weight is 1530 g/mol. The lowest BCUT2D eigenvalue weighted by Crippen LogP contribution is -2.58. The molecule has 0 aromatic carbocycles. The van der Waals surface area contributed by atoms with Crippen LogP contribution in [-0.2, 0) is 57.1 Å². The molecule has 9 unspecified atom stereocenters. The molecule has 30 nitrogen and oxygen atoms in total. The lowest BCUT2D eigenvalue weighted by atomic mass is 9.83. The fraction of sp³-hybridized carbons (Fsp3) is 0.877. The van der Waals surface area contributed by atoms with Crippen LogP contribution in [-0.4, -0.2) is 277 Å². The summed E-state index contributed by atoms with van der Waals surface area (Å²) in [6, 6.07) is 0. The molecule has 4 fully saturated rings. The van der Waals surface area contributed by atoms with Gasteiger partial charge in [-0.1, -0.05) is 39.5 Å². The number of ether oxygens (including phenoxy) is 8. The molecule has 0 bridgehead atoms. The number of methoxy groups -OCH3 is 2. The number of thioether (sulfide) groups is 2. The van der Waals surface area contributed by atoms with Crippen LogP contribution >= 0.6 is 61.0 Å². The first-order valence-electron chi connectivity index (χ1n) is 34.8. The van der Waals surface area contributed by atoms with Crippen molar-refractivity contribution in [2.75, 3.05) is 129 Å². The van der Waals surface area contributed by atoms with Gasteiger partial charge in [-0.3, -0.25) is 35.0 Å².